The van der Waals surface area contributed by atoms with Gasteiger partial charge in [-0.25, -0.2) is 4.98 Å². The molecular weight excluding hydrogens is 272 g/mol. The highest BCUT2D eigenvalue weighted by atomic mass is 16.6. The largest absolute Gasteiger partial charge is 0.393 e. The minimum Gasteiger partial charge on any atom is -0.393 e. The molecule has 1 fully saturated rings. The number of hydrogen-bond acceptors (Lipinski definition) is 6. The summed E-state index contributed by atoms with van der Waals surface area (Å²) in [5.74, 6) is 1.02. The Kier molecular flexibility index (Phi) is 5.32. The molecule has 2 unspecified atom stereocenters. The van der Waals surface area contributed by atoms with Crippen LogP contribution in [0, 0.1) is 16.0 Å². The van der Waals surface area contributed by atoms with Gasteiger partial charge in [-0.1, -0.05) is 13.3 Å². The zero-order valence-electron chi connectivity index (χ0n) is 12.2. The summed E-state index contributed by atoms with van der Waals surface area (Å²) in [6.07, 6.45) is 3.38. The molecule has 1 heterocycles. The number of pyridine rings is 1. The average molecular weight is 294 g/mol. The first-order chi connectivity index (χ1) is 10.1. The van der Waals surface area contributed by atoms with Crippen molar-refractivity contribution >= 4 is 17.3 Å². The molecule has 0 saturated heterocycles. The summed E-state index contributed by atoms with van der Waals surface area (Å²) < 4.78 is 0. The smallest absolute Gasteiger partial charge is 0.311 e. The molecule has 7 heteroatoms. The second-order valence-electron chi connectivity index (χ2n) is 5.39. The van der Waals surface area contributed by atoms with Crippen molar-refractivity contribution in [2.75, 3.05) is 23.7 Å². The van der Waals surface area contributed by atoms with E-state index in [-0.39, 0.29) is 23.5 Å². The fourth-order valence-corrected chi connectivity index (χ4v) is 2.56. The summed E-state index contributed by atoms with van der Waals surface area (Å²) in [7, 11) is 0. The van der Waals surface area contributed by atoms with Gasteiger partial charge in [0.2, 0.25) is 5.82 Å². The van der Waals surface area contributed by atoms with Crippen LogP contribution in [0.5, 0.6) is 0 Å². The van der Waals surface area contributed by atoms with Crippen molar-refractivity contribution in [3.8, 4) is 0 Å². The molecule has 0 spiro atoms. The van der Waals surface area contributed by atoms with E-state index in [1.165, 1.54) is 6.07 Å². The number of anilines is 2. The van der Waals surface area contributed by atoms with E-state index in [0.29, 0.717) is 12.4 Å². The molecule has 0 amide bonds. The minimum absolute atomic E-state index is 0.0375. The first-order valence-corrected chi connectivity index (χ1v) is 7.43. The molecule has 116 valence electrons. The number of hydrogen-bond donors (Lipinski definition) is 3. The highest BCUT2D eigenvalue weighted by Gasteiger charge is 2.26. The summed E-state index contributed by atoms with van der Waals surface area (Å²) in [5.41, 5.74) is -0.0375. The molecule has 2 rings (SSSR count). The molecule has 1 aliphatic carbocycles. The van der Waals surface area contributed by atoms with Gasteiger partial charge in [-0.15, -0.1) is 0 Å². The van der Waals surface area contributed by atoms with E-state index in [4.69, 9.17) is 0 Å². The number of nitrogens with zero attached hydrogens (tertiary/aromatic N) is 2. The van der Waals surface area contributed by atoms with Crippen molar-refractivity contribution in [1.82, 2.24) is 4.98 Å². The van der Waals surface area contributed by atoms with Crippen molar-refractivity contribution in [2.24, 2.45) is 5.92 Å². The maximum atomic E-state index is 11.1. The van der Waals surface area contributed by atoms with Crippen LogP contribution in [0.15, 0.2) is 12.1 Å². The summed E-state index contributed by atoms with van der Waals surface area (Å²) in [6, 6.07) is 3.07. The van der Waals surface area contributed by atoms with Gasteiger partial charge in [0.1, 0.15) is 5.82 Å². The van der Waals surface area contributed by atoms with Crippen LogP contribution < -0.4 is 10.6 Å². The Morgan fingerprint density at radius 2 is 2.24 bits per heavy atom. The Hall–Kier alpha value is -1.89. The molecule has 0 aliphatic heterocycles. The molecule has 21 heavy (non-hydrogen) atoms. The average Bonchev–Trinajstić information content (AvgIpc) is 2.88. The molecule has 0 aromatic carbocycles. The predicted octanol–water partition coefficient (Wildman–Crippen LogP) is 2.38. The van der Waals surface area contributed by atoms with Gasteiger partial charge in [0.25, 0.3) is 0 Å². The van der Waals surface area contributed by atoms with E-state index in [1.54, 1.807) is 6.07 Å². The van der Waals surface area contributed by atoms with Gasteiger partial charge in [0, 0.05) is 25.1 Å². The maximum Gasteiger partial charge on any atom is 0.311 e. The highest BCUT2D eigenvalue weighted by molar-refractivity contribution is 5.60. The lowest BCUT2D eigenvalue weighted by Gasteiger charge is -2.16. The van der Waals surface area contributed by atoms with E-state index in [0.717, 1.165) is 32.2 Å². The lowest BCUT2D eigenvalue weighted by molar-refractivity contribution is -0.384. The van der Waals surface area contributed by atoms with Gasteiger partial charge >= 0.3 is 5.69 Å². The number of nitro groups is 1. The Morgan fingerprint density at radius 1 is 1.43 bits per heavy atom. The second kappa shape index (κ2) is 7.21. The second-order valence-corrected chi connectivity index (χ2v) is 5.39. The van der Waals surface area contributed by atoms with Gasteiger partial charge < -0.3 is 15.7 Å². The number of rotatable bonds is 7. The van der Waals surface area contributed by atoms with Gasteiger partial charge in [0.05, 0.1) is 11.0 Å². The topological polar surface area (TPSA) is 100 Å². The van der Waals surface area contributed by atoms with E-state index in [2.05, 4.69) is 15.6 Å². The third kappa shape index (κ3) is 4.04. The number of aliphatic hydroxyl groups excluding tert-OH is 1. The standard InChI is InChI=1S/C14H22N4O3/c1-2-8-15-13-7-6-11(18(20)21)14(17-13)16-9-10-4-3-5-12(10)19/h6-7,10,12,19H,2-5,8-9H2,1H3,(H2,15,16,17). The zero-order chi connectivity index (χ0) is 15.2. The molecule has 7 nitrogen and oxygen atoms in total. The van der Waals surface area contributed by atoms with Crippen molar-refractivity contribution in [2.45, 2.75) is 38.7 Å². The monoisotopic (exact) mass is 294 g/mol. The van der Waals surface area contributed by atoms with Crippen LogP contribution in [0.25, 0.3) is 0 Å². The quantitative estimate of drug-likeness (QED) is 0.527. The highest BCUT2D eigenvalue weighted by Crippen LogP contribution is 2.28. The van der Waals surface area contributed by atoms with Gasteiger partial charge in [-0.2, -0.15) is 0 Å². The van der Waals surface area contributed by atoms with E-state index >= 15 is 0 Å². The normalized spacial score (nSPS) is 21.2. The summed E-state index contributed by atoms with van der Waals surface area (Å²) in [4.78, 5) is 14.9. The third-order valence-corrected chi connectivity index (χ3v) is 3.78. The SMILES string of the molecule is CCCNc1ccc([N+](=O)[O-])c(NCC2CCCC2O)n1. The Balaban J connectivity index is 2.08. The fourth-order valence-electron chi connectivity index (χ4n) is 2.56. The van der Waals surface area contributed by atoms with Crippen LogP contribution >= 0.6 is 0 Å². The first kappa shape index (κ1) is 15.5. The lowest BCUT2D eigenvalue weighted by Crippen LogP contribution is -2.22. The van der Waals surface area contributed by atoms with Gasteiger partial charge in [0.15, 0.2) is 0 Å². The number of aliphatic hydroxyl groups is 1. The van der Waals surface area contributed by atoms with E-state index in [9.17, 15) is 15.2 Å². The van der Waals surface area contributed by atoms with Crippen LogP contribution in [0.3, 0.4) is 0 Å². The third-order valence-electron chi connectivity index (χ3n) is 3.78. The van der Waals surface area contributed by atoms with E-state index < -0.39 is 4.92 Å². The van der Waals surface area contributed by atoms with Crippen molar-refractivity contribution in [1.29, 1.82) is 0 Å². The molecular formula is C14H22N4O3. The van der Waals surface area contributed by atoms with Crippen LogP contribution in [-0.2, 0) is 0 Å². The van der Waals surface area contributed by atoms with Crippen molar-refractivity contribution in [3.05, 3.63) is 22.2 Å². The molecule has 0 bridgehead atoms. The lowest BCUT2D eigenvalue weighted by atomic mass is 10.1. The first-order valence-electron chi connectivity index (χ1n) is 7.43. The Morgan fingerprint density at radius 3 is 2.86 bits per heavy atom. The Bertz CT molecular complexity index is 495. The number of aromatic nitrogens is 1. The molecule has 1 aromatic heterocycles. The minimum atomic E-state index is -0.440. The fraction of sp³-hybridized carbons (Fsp3) is 0.643. The van der Waals surface area contributed by atoms with Crippen LogP contribution in [0.1, 0.15) is 32.6 Å². The van der Waals surface area contributed by atoms with E-state index in [1.807, 2.05) is 6.92 Å². The summed E-state index contributed by atoms with van der Waals surface area (Å²) >= 11 is 0. The molecule has 3 N–H and O–H groups in total. The number of nitrogens with one attached hydrogen (secondary N) is 2. The van der Waals surface area contributed by atoms with Crippen LogP contribution in [0.2, 0.25) is 0 Å². The summed E-state index contributed by atoms with van der Waals surface area (Å²) in [5, 5.41) is 27.0. The zero-order valence-corrected chi connectivity index (χ0v) is 12.2. The van der Waals surface area contributed by atoms with Crippen molar-refractivity contribution in [3.63, 3.8) is 0 Å². The molecule has 2 atom stereocenters. The molecule has 0 radical (unpaired) electrons. The Labute approximate surface area is 123 Å². The van der Waals surface area contributed by atoms with Crippen LogP contribution in [0.4, 0.5) is 17.3 Å². The molecule has 1 saturated carbocycles. The molecule has 1 aromatic rings. The van der Waals surface area contributed by atoms with Gasteiger partial charge in [-0.3, -0.25) is 10.1 Å². The van der Waals surface area contributed by atoms with Crippen LogP contribution in [-0.4, -0.2) is 34.2 Å². The summed E-state index contributed by atoms with van der Waals surface area (Å²) in [6.45, 7) is 3.32. The predicted molar refractivity (Wildman–Crippen MR) is 81.5 cm³/mol. The van der Waals surface area contributed by atoms with Gasteiger partial charge in [-0.05, 0) is 25.3 Å². The molecule has 1 aliphatic rings. The maximum absolute atomic E-state index is 11.1. The van der Waals surface area contributed by atoms with Crippen molar-refractivity contribution < 1.29 is 10.0 Å².